The third kappa shape index (κ3) is 4.84. The predicted molar refractivity (Wildman–Crippen MR) is 71.1 cm³/mol. The molecule has 100 valence electrons. The quantitative estimate of drug-likeness (QED) is 0.754. The van der Waals surface area contributed by atoms with E-state index in [4.69, 9.17) is 4.74 Å². The van der Waals surface area contributed by atoms with Crippen LogP contribution in [-0.2, 0) is 16.1 Å². The Bertz CT molecular complexity index is 363. The number of pyridine rings is 1. The lowest BCUT2D eigenvalue weighted by Crippen LogP contribution is -2.37. The van der Waals surface area contributed by atoms with Gasteiger partial charge in [-0.05, 0) is 31.9 Å². The fourth-order valence-electron chi connectivity index (χ4n) is 1.68. The van der Waals surface area contributed by atoms with Crippen LogP contribution in [0.2, 0.25) is 0 Å². The van der Waals surface area contributed by atoms with Gasteiger partial charge in [-0.15, -0.1) is 0 Å². The van der Waals surface area contributed by atoms with E-state index in [1.807, 2.05) is 32.2 Å². The second-order valence-electron chi connectivity index (χ2n) is 4.28. The van der Waals surface area contributed by atoms with Crippen LogP contribution in [0.3, 0.4) is 0 Å². The maximum atomic E-state index is 11.7. The molecule has 0 aromatic carbocycles. The summed E-state index contributed by atoms with van der Waals surface area (Å²) in [5, 5.41) is 3.23. The summed E-state index contributed by atoms with van der Waals surface area (Å²) < 4.78 is 5.05. The molecule has 1 N–H and O–H groups in total. The molecule has 0 fully saturated rings. The Morgan fingerprint density at radius 2 is 2.22 bits per heavy atom. The lowest BCUT2D eigenvalue weighted by molar-refractivity contribution is -0.145. The number of aromatic nitrogens is 1. The number of carbonyl (C=O) groups excluding carboxylic acids is 1. The Balaban J connectivity index is 2.51. The van der Waals surface area contributed by atoms with E-state index in [0.29, 0.717) is 13.2 Å². The highest BCUT2D eigenvalue weighted by Gasteiger charge is 2.17. The predicted octanol–water partition coefficient (Wildman–Crippen LogP) is 2.21. The zero-order valence-electron chi connectivity index (χ0n) is 11.4. The lowest BCUT2D eigenvalue weighted by Gasteiger charge is -2.16. The minimum atomic E-state index is -0.226. The van der Waals surface area contributed by atoms with Gasteiger partial charge in [0.2, 0.25) is 0 Å². The number of hydrogen-bond donors (Lipinski definition) is 1. The van der Waals surface area contributed by atoms with E-state index in [-0.39, 0.29) is 12.0 Å². The van der Waals surface area contributed by atoms with Crippen LogP contribution in [0.25, 0.3) is 0 Å². The molecule has 1 rings (SSSR count). The third-order valence-corrected chi connectivity index (χ3v) is 2.67. The van der Waals surface area contributed by atoms with Gasteiger partial charge in [-0.3, -0.25) is 9.78 Å². The van der Waals surface area contributed by atoms with Crippen molar-refractivity contribution in [2.45, 2.75) is 46.2 Å². The van der Waals surface area contributed by atoms with Crippen molar-refractivity contribution in [1.82, 2.24) is 10.3 Å². The summed E-state index contributed by atoms with van der Waals surface area (Å²) in [6.07, 6.45) is 3.57. The largest absolute Gasteiger partial charge is 0.465 e. The number of rotatable bonds is 7. The van der Waals surface area contributed by atoms with Crippen LogP contribution in [0.15, 0.2) is 18.3 Å². The zero-order chi connectivity index (χ0) is 13.4. The van der Waals surface area contributed by atoms with E-state index in [0.717, 1.165) is 24.1 Å². The molecule has 0 saturated heterocycles. The van der Waals surface area contributed by atoms with Gasteiger partial charge in [0, 0.05) is 18.4 Å². The molecule has 0 bridgehead atoms. The van der Waals surface area contributed by atoms with E-state index >= 15 is 0 Å². The maximum Gasteiger partial charge on any atom is 0.323 e. The molecule has 0 amide bonds. The number of aryl methyl sites for hydroxylation is 1. The summed E-state index contributed by atoms with van der Waals surface area (Å²) in [4.78, 5) is 15.9. The van der Waals surface area contributed by atoms with Gasteiger partial charge in [-0.1, -0.05) is 19.4 Å². The van der Waals surface area contributed by atoms with E-state index in [9.17, 15) is 4.79 Å². The molecule has 0 spiro atoms. The van der Waals surface area contributed by atoms with Gasteiger partial charge in [0.25, 0.3) is 0 Å². The number of esters is 1. The molecule has 1 aromatic heterocycles. The number of carbonyl (C=O) groups is 1. The fourth-order valence-corrected chi connectivity index (χ4v) is 1.68. The van der Waals surface area contributed by atoms with E-state index in [2.05, 4.69) is 17.2 Å². The van der Waals surface area contributed by atoms with Crippen molar-refractivity contribution in [3.63, 3.8) is 0 Å². The molecular weight excluding hydrogens is 228 g/mol. The van der Waals surface area contributed by atoms with E-state index in [1.54, 1.807) is 0 Å². The van der Waals surface area contributed by atoms with Gasteiger partial charge in [0.05, 0.1) is 6.61 Å². The lowest BCUT2D eigenvalue weighted by atomic mass is 10.1. The Labute approximate surface area is 109 Å². The van der Waals surface area contributed by atoms with Gasteiger partial charge in [0.15, 0.2) is 0 Å². The maximum absolute atomic E-state index is 11.7. The van der Waals surface area contributed by atoms with Crippen LogP contribution in [-0.4, -0.2) is 23.6 Å². The average Bonchev–Trinajstić information content (AvgIpc) is 2.36. The summed E-state index contributed by atoms with van der Waals surface area (Å²) in [7, 11) is 0. The molecular formula is C14H22N2O2. The topological polar surface area (TPSA) is 51.2 Å². The molecule has 1 heterocycles. The van der Waals surface area contributed by atoms with Crippen LogP contribution in [0, 0.1) is 6.92 Å². The monoisotopic (exact) mass is 250 g/mol. The van der Waals surface area contributed by atoms with Crippen molar-refractivity contribution in [3.05, 3.63) is 29.6 Å². The van der Waals surface area contributed by atoms with Crippen molar-refractivity contribution in [3.8, 4) is 0 Å². The zero-order valence-corrected chi connectivity index (χ0v) is 11.4. The van der Waals surface area contributed by atoms with E-state index in [1.165, 1.54) is 0 Å². The van der Waals surface area contributed by atoms with Crippen LogP contribution in [0.4, 0.5) is 0 Å². The molecule has 0 aliphatic rings. The first kappa shape index (κ1) is 14.6. The molecule has 4 heteroatoms. The highest BCUT2D eigenvalue weighted by molar-refractivity contribution is 5.75. The van der Waals surface area contributed by atoms with Gasteiger partial charge < -0.3 is 10.1 Å². The molecule has 4 nitrogen and oxygen atoms in total. The Hall–Kier alpha value is -1.42. The second kappa shape index (κ2) is 7.82. The molecule has 1 unspecified atom stereocenters. The van der Waals surface area contributed by atoms with Crippen molar-refractivity contribution in [1.29, 1.82) is 0 Å². The SMILES string of the molecule is CCCC(NCc1ccc(C)nc1)C(=O)OCC. The number of nitrogens with zero attached hydrogens (tertiary/aromatic N) is 1. The average molecular weight is 250 g/mol. The van der Waals surface area contributed by atoms with Gasteiger partial charge >= 0.3 is 5.97 Å². The van der Waals surface area contributed by atoms with Crippen LogP contribution in [0.1, 0.15) is 37.9 Å². The van der Waals surface area contributed by atoms with E-state index < -0.39 is 0 Å². The molecule has 0 radical (unpaired) electrons. The summed E-state index contributed by atoms with van der Waals surface area (Å²) in [5.41, 5.74) is 2.07. The molecule has 0 aliphatic carbocycles. The molecule has 0 aliphatic heterocycles. The fraction of sp³-hybridized carbons (Fsp3) is 0.571. The van der Waals surface area contributed by atoms with Crippen LogP contribution in [0.5, 0.6) is 0 Å². The normalized spacial score (nSPS) is 12.2. The Morgan fingerprint density at radius 1 is 1.44 bits per heavy atom. The standard InChI is InChI=1S/C14H22N2O2/c1-4-6-13(14(17)18-5-2)16-10-12-8-7-11(3)15-9-12/h7-9,13,16H,4-6,10H2,1-3H3. The highest BCUT2D eigenvalue weighted by atomic mass is 16.5. The molecule has 1 aromatic rings. The summed E-state index contributed by atoms with van der Waals surface area (Å²) in [6.45, 7) is 6.89. The molecule has 18 heavy (non-hydrogen) atoms. The van der Waals surface area contributed by atoms with Crippen molar-refractivity contribution < 1.29 is 9.53 Å². The minimum Gasteiger partial charge on any atom is -0.465 e. The first-order valence-electron chi connectivity index (χ1n) is 6.49. The Kier molecular flexibility index (Phi) is 6.36. The number of hydrogen-bond acceptors (Lipinski definition) is 4. The summed E-state index contributed by atoms with van der Waals surface area (Å²) >= 11 is 0. The number of nitrogens with one attached hydrogen (secondary N) is 1. The van der Waals surface area contributed by atoms with Crippen molar-refractivity contribution in [2.24, 2.45) is 0 Å². The second-order valence-corrected chi connectivity index (χ2v) is 4.28. The van der Waals surface area contributed by atoms with Gasteiger partial charge in [0.1, 0.15) is 6.04 Å². The van der Waals surface area contributed by atoms with Gasteiger partial charge in [-0.25, -0.2) is 0 Å². The first-order valence-corrected chi connectivity index (χ1v) is 6.49. The number of ether oxygens (including phenoxy) is 1. The summed E-state index contributed by atoms with van der Waals surface area (Å²) in [5.74, 6) is -0.167. The van der Waals surface area contributed by atoms with Crippen molar-refractivity contribution >= 4 is 5.97 Å². The molecule has 1 atom stereocenters. The minimum absolute atomic E-state index is 0.167. The summed E-state index contributed by atoms with van der Waals surface area (Å²) in [6, 6.07) is 3.76. The first-order chi connectivity index (χ1) is 8.67. The highest BCUT2D eigenvalue weighted by Crippen LogP contribution is 2.03. The van der Waals surface area contributed by atoms with Crippen LogP contribution < -0.4 is 5.32 Å². The third-order valence-electron chi connectivity index (χ3n) is 2.67. The molecule has 0 saturated carbocycles. The smallest absolute Gasteiger partial charge is 0.323 e. The van der Waals surface area contributed by atoms with Gasteiger partial charge in [-0.2, -0.15) is 0 Å². The van der Waals surface area contributed by atoms with Crippen LogP contribution >= 0.6 is 0 Å². The van der Waals surface area contributed by atoms with Crippen molar-refractivity contribution in [2.75, 3.05) is 6.61 Å². The Morgan fingerprint density at radius 3 is 2.78 bits per heavy atom.